The number of likely N-dealkylation sites (tertiary alicyclic amines) is 1. The summed E-state index contributed by atoms with van der Waals surface area (Å²) in [4.78, 5) is 28.4. The zero-order valence-electron chi connectivity index (χ0n) is 13.1. The van der Waals surface area contributed by atoms with Gasteiger partial charge >= 0.3 is 0 Å². The van der Waals surface area contributed by atoms with Crippen molar-refractivity contribution in [3.63, 3.8) is 0 Å². The summed E-state index contributed by atoms with van der Waals surface area (Å²) in [6.07, 6.45) is 1.78. The summed E-state index contributed by atoms with van der Waals surface area (Å²) < 4.78 is 13.7. The second-order valence-corrected chi connectivity index (χ2v) is 6.79. The summed E-state index contributed by atoms with van der Waals surface area (Å²) in [5.74, 6) is -0.404. The van der Waals surface area contributed by atoms with Crippen LogP contribution in [0.25, 0.3) is 0 Å². The van der Waals surface area contributed by atoms with Gasteiger partial charge in [0.1, 0.15) is 5.82 Å². The van der Waals surface area contributed by atoms with E-state index in [4.69, 9.17) is 0 Å². The first-order chi connectivity index (χ1) is 11.1. The van der Waals surface area contributed by atoms with Crippen molar-refractivity contribution in [2.75, 3.05) is 32.7 Å². The van der Waals surface area contributed by atoms with E-state index >= 15 is 0 Å². The molecule has 0 radical (unpaired) electrons. The molecule has 1 aromatic carbocycles. The van der Waals surface area contributed by atoms with Crippen LogP contribution in [0.15, 0.2) is 22.7 Å². The molecule has 1 atom stereocenters. The highest BCUT2D eigenvalue weighted by Crippen LogP contribution is 2.23. The van der Waals surface area contributed by atoms with Gasteiger partial charge in [-0.3, -0.25) is 9.59 Å². The van der Waals surface area contributed by atoms with Crippen molar-refractivity contribution in [3.05, 3.63) is 34.1 Å². The molecule has 2 saturated heterocycles. The van der Waals surface area contributed by atoms with Crippen molar-refractivity contribution in [3.8, 4) is 0 Å². The van der Waals surface area contributed by atoms with Gasteiger partial charge in [0.05, 0.1) is 12.1 Å². The van der Waals surface area contributed by atoms with Gasteiger partial charge in [-0.1, -0.05) is 0 Å². The highest BCUT2D eigenvalue weighted by Gasteiger charge is 2.32. The van der Waals surface area contributed by atoms with E-state index in [1.54, 1.807) is 4.90 Å². The predicted octanol–water partition coefficient (Wildman–Crippen LogP) is 2.05. The molecule has 8 heteroatoms. The average Bonchev–Trinajstić information content (AvgIpc) is 2.55. The molecular weight excluding hydrogens is 401 g/mol. The molecule has 0 aromatic heterocycles. The summed E-state index contributed by atoms with van der Waals surface area (Å²) in [7, 11) is 0. The number of nitrogens with one attached hydrogen (secondary N) is 1. The van der Waals surface area contributed by atoms with Crippen LogP contribution < -0.4 is 5.32 Å². The molecule has 2 fully saturated rings. The summed E-state index contributed by atoms with van der Waals surface area (Å²) in [5, 5.41) is 3.06. The van der Waals surface area contributed by atoms with Crippen LogP contribution in [-0.2, 0) is 4.79 Å². The first-order valence-electron chi connectivity index (χ1n) is 7.81. The zero-order chi connectivity index (χ0) is 16.4. The molecule has 2 amide bonds. The standard InChI is InChI=1S/C16H19BrFN3O2.ClH/c17-14-8-11(18)3-4-13(14)16(23)20-6-1-2-12(10-20)21-7-5-19-9-15(21)22;/h3-4,8,12,19H,1-2,5-7,9-10H2;1H. The minimum absolute atomic E-state index is 0. The second-order valence-electron chi connectivity index (χ2n) is 5.94. The fourth-order valence-corrected chi connectivity index (χ4v) is 3.75. The maximum Gasteiger partial charge on any atom is 0.255 e. The van der Waals surface area contributed by atoms with Crippen molar-refractivity contribution in [2.24, 2.45) is 0 Å². The Labute approximate surface area is 155 Å². The molecule has 132 valence electrons. The lowest BCUT2D eigenvalue weighted by atomic mass is 10.0. The number of amides is 2. The first kappa shape index (κ1) is 19.1. The van der Waals surface area contributed by atoms with Gasteiger partial charge in [0.25, 0.3) is 5.91 Å². The molecule has 0 aliphatic carbocycles. The van der Waals surface area contributed by atoms with Crippen molar-refractivity contribution in [2.45, 2.75) is 18.9 Å². The minimum atomic E-state index is -0.378. The van der Waals surface area contributed by atoms with Gasteiger partial charge in [0.2, 0.25) is 5.91 Å². The zero-order valence-corrected chi connectivity index (χ0v) is 15.5. The Kier molecular flexibility index (Phi) is 6.60. The lowest BCUT2D eigenvalue weighted by Gasteiger charge is -2.41. The summed E-state index contributed by atoms with van der Waals surface area (Å²) >= 11 is 3.26. The Balaban J connectivity index is 0.00000208. The Morgan fingerprint density at radius 3 is 2.83 bits per heavy atom. The number of halogens is 3. The number of hydrogen-bond acceptors (Lipinski definition) is 3. The maximum absolute atomic E-state index is 13.2. The van der Waals surface area contributed by atoms with Crippen LogP contribution in [0.3, 0.4) is 0 Å². The molecular formula is C16H20BrClFN3O2. The lowest BCUT2D eigenvalue weighted by Crippen LogP contribution is -2.57. The summed E-state index contributed by atoms with van der Waals surface area (Å²) in [6, 6.07) is 4.16. The summed E-state index contributed by atoms with van der Waals surface area (Å²) in [6.45, 7) is 3.05. The molecule has 0 saturated carbocycles. The highest BCUT2D eigenvalue weighted by atomic mass is 79.9. The van der Waals surface area contributed by atoms with Gasteiger partial charge in [-0.15, -0.1) is 12.4 Å². The van der Waals surface area contributed by atoms with Crippen LogP contribution in [-0.4, -0.2) is 60.4 Å². The molecule has 0 bridgehead atoms. The van der Waals surface area contributed by atoms with Crippen LogP contribution in [0, 0.1) is 5.82 Å². The second kappa shape index (κ2) is 8.27. The van der Waals surface area contributed by atoms with Crippen LogP contribution in [0.4, 0.5) is 4.39 Å². The molecule has 2 aliphatic heterocycles. The third-order valence-corrected chi connectivity index (χ3v) is 5.07. The molecule has 2 heterocycles. The minimum Gasteiger partial charge on any atom is -0.337 e. The number of piperidine rings is 1. The molecule has 5 nitrogen and oxygen atoms in total. The molecule has 24 heavy (non-hydrogen) atoms. The van der Waals surface area contributed by atoms with E-state index in [0.29, 0.717) is 36.2 Å². The van der Waals surface area contributed by atoms with E-state index in [1.807, 2.05) is 4.90 Å². The molecule has 2 aliphatic rings. The lowest BCUT2D eigenvalue weighted by molar-refractivity contribution is -0.135. The third-order valence-electron chi connectivity index (χ3n) is 4.41. The Morgan fingerprint density at radius 2 is 2.12 bits per heavy atom. The van der Waals surface area contributed by atoms with Crippen molar-refractivity contribution in [1.29, 1.82) is 0 Å². The van der Waals surface area contributed by atoms with E-state index in [9.17, 15) is 14.0 Å². The van der Waals surface area contributed by atoms with E-state index in [1.165, 1.54) is 18.2 Å². The van der Waals surface area contributed by atoms with Crippen LogP contribution in [0.2, 0.25) is 0 Å². The average molecular weight is 421 g/mol. The van der Waals surface area contributed by atoms with E-state index in [2.05, 4.69) is 21.2 Å². The fourth-order valence-electron chi connectivity index (χ4n) is 3.23. The SMILES string of the molecule is Cl.O=C(c1ccc(F)cc1Br)N1CCCC(N2CCNCC2=O)C1. The van der Waals surface area contributed by atoms with Crippen LogP contribution in [0.1, 0.15) is 23.2 Å². The Bertz CT molecular complexity index is 631. The van der Waals surface area contributed by atoms with E-state index < -0.39 is 0 Å². The fraction of sp³-hybridized carbons (Fsp3) is 0.500. The normalized spacial score (nSPS) is 21.4. The quantitative estimate of drug-likeness (QED) is 0.797. The Hall–Kier alpha value is -1.18. The van der Waals surface area contributed by atoms with Gasteiger partial charge in [-0.05, 0) is 47.0 Å². The molecule has 1 unspecified atom stereocenters. The van der Waals surface area contributed by atoms with Gasteiger partial charge in [0.15, 0.2) is 0 Å². The van der Waals surface area contributed by atoms with E-state index in [-0.39, 0.29) is 36.1 Å². The first-order valence-corrected chi connectivity index (χ1v) is 8.60. The van der Waals surface area contributed by atoms with E-state index in [0.717, 1.165) is 19.4 Å². The van der Waals surface area contributed by atoms with Gasteiger partial charge < -0.3 is 15.1 Å². The maximum atomic E-state index is 13.2. The molecule has 3 rings (SSSR count). The third kappa shape index (κ3) is 4.07. The largest absolute Gasteiger partial charge is 0.337 e. The number of hydrogen-bond donors (Lipinski definition) is 1. The molecule has 0 spiro atoms. The van der Waals surface area contributed by atoms with Crippen molar-refractivity contribution >= 4 is 40.2 Å². The number of nitrogens with zero attached hydrogens (tertiary/aromatic N) is 2. The Morgan fingerprint density at radius 1 is 1.33 bits per heavy atom. The molecule has 1 aromatic rings. The molecule has 1 N–H and O–H groups in total. The predicted molar refractivity (Wildman–Crippen MR) is 94.9 cm³/mol. The smallest absolute Gasteiger partial charge is 0.255 e. The van der Waals surface area contributed by atoms with Crippen LogP contribution >= 0.6 is 28.3 Å². The van der Waals surface area contributed by atoms with Crippen molar-refractivity contribution < 1.29 is 14.0 Å². The number of benzene rings is 1. The number of piperazine rings is 1. The monoisotopic (exact) mass is 419 g/mol. The highest BCUT2D eigenvalue weighted by molar-refractivity contribution is 9.10. The van der Waals surface area contributed by atoms with Crippen LogP contribution in [0.5, 0.6) is 0 Å². The van der Waals surface area contributed by atoms with Gasteiger partial charge in [0, 0.05) is 36.7 Å². The summed E-state index contributed by atoms with van der Waals surface area (Å²) in [5.41, 5.74) is 0.457. The number of carbonyl (C=O) groups is 2. The van der Waals surface area contributed by atoms with Crippen molar-refractivity contribution in [1.82, 2.24) is 15.1 Å². The van der Waals surface area contributed by atoms with Gasteiger partial charge in [-0.2, -0.15) is 0 Å². The topological polar surface area (TPSA) is 52.7 Å². The number of carbonyl (C=O) groups excluding carboxylic acids is 2. The van der Waals surface area contributed by atoms with Gasteiger partial charge in [-0.25, -0.2) is 4.39 Å². The number of rotatable bonds is 2.